The fourth-order valence-electron chi connectivity index (χ4n) is 2.99. The Kier molecular flexibility index (Phi) is 3.51. The number of hydrogen-bond acceptors (Lipinski definition) is 2. The number of hydrogen-bond donors (Lipinski definition) is 2. The predicted octanol–water partition coefficient (Wildman–Crippen LogP) is 3.25. The summed E-state index contributed by atoms with van der Waals surface area (Å²) in [4.78, 5) is 22.4. The van der Waals surface area contributed by atoms with Crippen molar-refractivity contribution < 1.29 is 19.8 Å². The summed E-state index contributed by atoms with van der Waals surface area (Å²) in [5, 5.41) is 21.6. The van der Waals surface area contributed by atoms with Gasteiger partial charge in [0, 0.05) is 0 Å². The lowest BCUT2D eigenvalue weighted by atomic mass is 9.89. The number of rotatable bonds is 4. The molecule has 3 aromatic carbocycles. The van der Waals surface area contributed by atoms with Gasteiger partial charge in [-0.3, -0.25) is 9.59 Å². The number of fused-ring (bicyclic) bond motifs is 2. The maximum atomic E-state index is 11.2. The van der Waals surface area contributed by atoms with Gasteiger partial charge in [-0.05, 0) is 32.7 Å². The first-order valence-electron chi connectivity index (χ1n) is 6.92. The maximum absolute atomic E-state index is 11.2. The molecule has 4 heteroatoms. The third-order valence-electron chi connectivity index (χ3n) is 3.81. The summed E-state index contributed by atoms with van der Waals surface area (Å²) in [7, 11) is 0. The highest BCUT2D eigenvalue weighted by molar-refractivity contribution is 6.08. The van der Waals surface area contributed by atoms with Crippen molar-refractivity contribution in [3.63, 3.8) is 0 Å². The standard InChI is InChI=1S/C18H14O4/c19-17(20)9-15-11-5-1-2-6-12(11)16(10-18(21)22)14-8-4-3-7-13(14)15/h1-8H,9-10H2,(H,19,20)(H,21,22). The molecule has 0 aliphatic heterocycles. The Hall–Kier alpha value is -2.88. The highest BCUT2D eigenvalue weighted by atomic mass is 16.4. The molecule has 0 unspecified atom stereocenters. The molecule has 0 aliphatic carbocycles. The van der Waals surface area contributed by atoms with Crippen LogP contribution in [0.1, 0.15) is 11.1 Å². The smallest absolute Gasteiger partial charge is 0.307 e. The predicted molar refractivity (Wildman–Crippen MR) is 84.1 cm³/mol. The largest absolute Gasteiger partial charge is 0.481 e. The molecule has 0 amide bonds. The monoisotopic (exact) mass is 294 g/mol. The van der Waals surface area contributed by atoms with Gasteiger partial charge in [0.1, 0.15) is 0 Å². The Balaban J connectivity index is 2.47. The lowest BCUT2D eigenvalue weighted by Crippen LogP contribution is -2.06. The van der Waals surface area contributed by atoms with Crippen molar-refractivity contribution >= 4 is 33.5 Å². The van der Waals surface area contributed by atoms with Gasteiger partial charge in [-0.2, -0.15) is 0 Å². The molecule has 0 fully saturated rings. The molecule has 110 valence electrons. The van der Waals surface area contributed by atoms with Gasteiger partial charge in [0.05, 0.1) is 12.8 Å². The van der Waals surface area contributed by atoms with Gasteiger partial charge < -0.3 is 10.2 Å². The Morgan fingerprint density at radius 1 is 0.636 bits per heavy atom. The number of aliphatic carboxylic acids is 2. The zero-order valence-corrected chi connectivity index (χ0v) is 11.7. The van der Waals surface area contributed by atoms with Crippen LogP contribution >= 0.6 is 0 Å². The number of carboxylic acids is 2. The Morgan fingerprint density at radius 2 is 0.909 bits per heavy atom. The van der Waals surface area contributed by atoms with Crippen molar-refractivity contribution in [3.8, 4) is 0 Å². The van der Waals surface area contributed by atoms with E-state index in [1.807, 2.05) is 48.5 Å². The average Bonchev–Trinajstić information content (AvgIpc) is 2.50. The second-order valence-corrected chi connectivity index (χ2v) is 5.19. The summed E-state index contributed by atoms with van der Waals surface area (Å²) in [6.07, 6.45) is -0.178. The van der Waals surface area contributed by atoms with E-state index in [-0.39, 0.29) is 12.8 Å². The molecule has 22 heavy (non-hydrogen) atoms. The van der Waals surface area contributed by atoms with E-state index in [2.05, 4.69) is 0 Å². The van der Waals surface area contributed by atoms with Gasteiger partial charge in [0.2, 0.25) is 0 Å². The molecule has 0 saturated carbocycles. The summed E-state index contributed by atoms with van der Waals surface area (Å²) >= 11 is 0. The third kappa shape index (κ3) is 2.39. The van der Waals surface area contributed by atoms with Gasteiger partial charge in [-0.15, -0.1) is 0 Å². The van der Waals surface area contributed by atoms with Crippen molar-refractivity contribution in [2.24, 2.45) is 0 Å². The lowest BCUT2D eigenvalue weighted by Gasteiger charge is -2.15. The van der Waals surface area contributed by atoms with Crippen LogP contribution in [-0.2, 0) is 22.4 Å². The van der Waals surface area contributed by atoms with E-state index in [1.165, 1.54) is 0 Å². The minimum absolute atomic E-state index is 0.0889. The van der Waals surface area contributed by atoms with Crippen molar-refractivity contribution in [1.29, 1.82) is 0 Å². The van der Waals surface area contributed by atoms with Gasteiger partial charge in [0.25, 0.3) is 0 Å². The molecule has 0 atom stereocenters. The Labute approximate surface area is 126 Å². The average molecular weight is 294 g/mol. The topological polar surface area (TPSA) is 74.6 Å². The minimum atomic E-state index is -0.902. The second-order valence-electron chi connectivity index (χ2n) is 5.19. The first-order valence-corrected chi connectivity index (χ1v) is 6.92. The molecular weight excluding hydrogens is 280 g/mol. The van der Waals surface area contributed by atoms with Crippen LogP contribution in [-0.4, -0.2) is 22.2 Å². The molecule has 3 aromatic rings. The molecule has 0 saturated heterocycles. The minimum Gasteiger partial charge on any atom is -0.481 e. The van der Waals surface area contributed by atoms with Crippen LogP contribution in [0.15, 0.2) is 48.5 Å². The van der Waals surface area contributed by atoms with E-state index in [4.69, 9.17) is 0 Å². The maximum Gasteiger partial charge on any atom is 0.307 e. The highest BCUT2D eigenvalue weighted by Gasteiger charge is 2.16. The zero-order valence-electron chi connectivity index (χ0n) is 11.7. The Morgan fingerprint density at radius 3 is 1.14 bits per heavy atom. The SMILES string of the molecule is O=C(O)Cc1c2ccccc2c(CC(=O)O)c2ccccc12. The van der Waals surface area contributed by atoms with E-state index < -0.39 is 11.9 Å². The molecule has 3 rings (SSSR count). The molecular formula is C18H14O4. The van der Waals surface area contributed by atoms with Gasteiger partial charge in [-0.1, -0.05) is 48.5 Å². The van der Waals surface area contributed by atoms with E-state index in [1.54, 1.807) is 0 Å². The molecule has 4 nitrogen and oxygen atoms in total. The molecule has 0 heterocycles. The van der Waals surface area contributed by atoms with Crippen LogP contribution in [0.2, 0.25) is 0 Å². The highest BCUT2D eigenvalue weighted by Crippen LogP contribution is 2.33. The zero-order chi connectivity index (χ0) is 15.7. The molecule has 0 spiro atoms. The quantitative estimate of drug-likeness (QED) is 0.724. The summed E-state index contributed by atoms with van der Waals surface area (Å²) in [6, 6.07) is 14.8. The van der Waals surface area contributed by atoms with Gasteiger partial charge >= 0.3 is 11.9 Å². The molecule has 0 aliphatic rings. The second kappa shape index (κ2) is 5.48. The van der Waals surface area contributed by atoms with Crippen molar-refractivity contribution in [2.45, 2.75) is 12.8 Å². The molecule has 0 aromatic heterocycles. The number of carbonyl (C=O) groups is 2. The first kappa shape index (κ1) is 14.1. The van der Waals surface area contributed by atoms with E-state index in [9.17, 15) is 19.8 Å². The normalized spacial score (nSPS) is 10.9. The fraction of sp³-hybridized carbons (Fsp3) is 0.111. The summed E-state index contributed by atoms with van der Waals surface area (Å²) < 4.78 is 0. The van der Waals surface area contributed by atoms with Gasteiger partial charge in [0.15, 0.2) is 0 Å². The van der Waals surface area contributed by atoms with Crippen molar-refractivity contribution in [1.82, 2.24) is 0 Å². The van der Waals surface area contributed by atoms with Crippen LogP contribution in [0.25, 0.3) is 21.5 Å². The van der Waals surface area contributed by atoms with Crippen molar-refractivity contribution in [2.75, 3.05) is 0 Å². The van der Waals surface area contributed by atoms with E-state index >= 15 is 0 Å². The third-order valence-corrected chi connectivity index (χ3v) is 3.81. The molecule has 2 N–H and O–H groups in total. The van der Waals surface area contributed by atoms with E-state index in [0.29, 0.717) is 0 Å². The Bertz CT molecular complexity index is 765. The first-order chi connectivity index (χ1) is 10.6. The van der Waals surface area contributed by atoms with Crippen LogP contribution in [0.3, 0.4) is 0 Å². The summed E-state index contributed by atoms with van der Waals surface area (Å²) in [6.45, 7) is 0. The van der Waals surface area contributed by atoms with Crippen LogP contribution < -0.4 is 0 Å². The summed E-state index contributed by atoms with van der Waals surface area (Å²) in [5.74, 6) is -1.80. The molecule has 0 bridgehead atoms. The fourth-order valence-corrected chi connectivity index (χ4v) is 2.99. The lowest BCUT2D eigenvalue weighted by molar-refractivity contribution is -0.137. The van der Waals surface area contributed by atoms with E-state index in [0.717, 1.165) is 32.7 Å². The van der Waals surface area contributed by atoms with Crippen LogP contribution in [0, 0.1) is 0 Å². The van der Waals surface area contributed by atoms with Crippen molar-refractivity contribution in [3.05, 3.63) is 59.7 Å². The van der Waals surface area contributed by atoms with Crippen LogP contribution in [0.5, 0.6) is 0 Å². The van der Waals surface area contributed by atoms with Crippen LogP contribution in [0.4, 0.5) is 0 Å². The molecule has 0 radical (unpaired) electrons. The van der Waals surface area contributed by atoms with Gasteiger partial charge in [-0.25, -0.2) is 0 Å². The number of benzene rings is 3. The summed E-state index contributed by atoms with van der Waals surface area (Å²) in [5.41, 5.74) is 1.46. The number of carboxylic acid groups (broad SMARTS) is 2.